The third-order valence-electron chi connectivity index (χ3n) is 1.81. The summed E-state index contributed by atoms with van der Waals surface area (Å²) in [7, 11) is 1.01. The minimum absolute atomic E-state index is 0.562. The molecule has 0 fully saturated rings. The highest BCUT2D eigenvalue weighted by atomic mass is 19.3. The van der Waals surface area contributed by atoms with Gasteiger partial charge in [0.05, 0.1) is 12.7 Å². The van der Waals surface area contributed by atoms with E-state index in [0.717, 1.165) is 7.11 Å². The van der Waals surface area contributed by atoms with Crippen LogP contribution in [0.2, 0.25) is 0 Å². The van der Waals surface area contributed by atoms with Gasteiger partial charge in [-0.2, -0.15) is 5.26 Å². The minimum atomic E-state index is -3.01. The van der Waals surface area contributed by atoms with Crippen molar-refractivity contribution in [3.8, 4) is 6.07 Å². The van der Waals surface area contributed by atoms with Gasteiger partial charge < -0.3 is 9.72 Å². The van der Waals surface area contributed by atoms with E-state index in [4.69, 9.17) is 5.26 Å². The molecule has 0 aliphatic rings. The summed E-state index contributed by atoms with van der Waals surface area (Å²) in [6.07, 6.45) is -3.01. The molecular formula is C9H6F2N2O3. The fourth-order valence-electron chi connectivity index (χ4n) is 1.13. The molecular weight excluding hydrogens is 222 g/mol. The number of nitrogens with one attached hydrogen (secondary N) is 1. The van der Waals surface area contributed by atoms with Crippen LogP contribution in [0.3, 0.4) is 0 Å². The summed E-state index contributed by atoms with van der Waals surface area (Å²) in [5.74, 6) is -1.05. The Morgan fingerprint density at radius 2 is 2.25 bits per heavy atom. The fraction of sp³-hybridized carbons (Fsp3) is 0.222. The maximum absolute atomic E-state index is 12.5. The first-order valence-electron chi connectivity index (χ1n) is 4.05. The van der Waals surface area contributed by atoms with Crippen molar-refractivity contribution in [1.82, 2.24) is 4.98 Å². The van der Waals surface area contributed by atoms with E-state index in [2.05, 4.69) is 4.74 Å². The molecule has 1 rings (SSSR count). The number of pyridine rings is 1. The Labute approximate surface area is 88.3 Å². The van der Waals surface area contributed by atoms with Crippen molar-refractivity contribution >= 4 is 5.97 Å². The number of hydrogen-bond acceptors (Lipinski definition) is 4. The van der Waals surface area contributed by atoms with Gasteiger partial charge in [0.25, 0.3) is 6.43 Å². The van der Waals surface area contributed by atoms with E-state index in [1.165, 1.54) is 6.07 Å². The summed E-state index contributed by atoms with van der Waals surface area (Å²) in [6, 6.07) is 2.02. The van der Waals surface area contributed by atoms with Gasteiger partial charge >= 0.3 is 5.97 Å². The second kappa shape index (κ2) is 4.53. The maximum Gasteiger partial charge on any atom is 0.355 e. The minimum Gasteiger partial charge on any atom is -0.464 e. The Morgan fingerprint density at radius 1 is 1.62 bits per heavy atom. The summed E-state index contributed by atoms with van der Waals surface area (Å²) in [5, 5.41) is 8.67. The molecule has 0 aliphatic carbocycles. The average molecular weight is 228 g/mol. The molecule has 0 amide bonds. The van der Waals surface area contributed by atoms with Gasteiger partial charge in [-0.15, -0.1) is 0 Å². The number of halogens is 2. The van der Waals surface area contributed by atoms with Crippen LogP contribution < -0.4 is 5.56 Å². The van der Waals surface area contributed by atoms with E-state index in [1.807, 2.05) is 4.98 Å². The van der Waals surface area contributed by atoms with Crippen molar-refractivity contribution in [2.45, 2.75) is 6.43 Å². The summed E-state index contributed by atoms with van der Waals surface area (Å²) in [5.41, 5.74) is -2.82. The lowest BCUT2D eigenvalue weighted by Gasteiger charge is -2.06. The zero-order valence-electron chi connectivity index (χ0n) is 8.08. The topological polar surface area (TPSA) is 83.0 Å². The molecule has 1 heterocycles. The molecule has 1 N–H and O–H groups in total. The van der Waals surface area contributed by atoms with Gasteiger partial charge in [-0.3, -0.25) is 4.79 Å². The second-order valence-corrected chi connectivity index (χ2v) is 2.74. The van der Waals surface area contributed by atoms with Gasteiger partial charge in [-0.25, -0.2) is 13.6 Å². The molecule has 0 radical (unpaired) electrons. The van der Waals surface area contributed by atoms with Crippen LogP contribution in [0, 0.1) is 11.3 Å². The number of H-pyrrole nitrogens is 1. The number of methoxy groups -OCH3 is 1. The smallest absolute Gasteiger partial charge is 0.355 e. The summed E-state index contributed by atoms with van der Waals surface area (Å²) in [6.45, 7) is 0. The number of ether oxygens (including phenoxy) is 1. The Bertz CT molecular complexity index is 516. The summed E-state index contributed by atoms with van der Waals surface area (Å²) < 4.78 is 29.2. The van der Waals surface area contributed by atoms with Crippen molar-refractivity contribution in [3.05, 3.63) is 33.2 Å². The Hall–Kier alpha value is -2.23. The van der Waals surface area contributed by atoms with E-state index in [-0.39, 0.29) is 0 Å². The van der Waals surface area contributed by atoms with Gasteiger partial charge in [0.2, 0.25) is 5.56 Å². The number of carbonyl (C=O) groups excluding carboxylic acids is 1. The average Bonchev–Trinajstić information content (AvgIpc) is 2.26. The predicted molar refractivity (Wildman–Crippen MR) is 48.1 cm³/mol. The van der Waals surface area contributed by atoms with E-state index < -0.39 is 34.8 Å². The molecule has 0 bridgehead atoms. The summed E-state index contributed by atoms with van der Waals surface area (Å²) in [4.78, 5) is 24.1. The zero-order chi connectivity index (χ0) is 12.3. The third kappa shape index (κ3) is 2.06. The molecule has 0 saturated carbocycles. The molecule has 0 spiro atoms. The van der Waals surface area contributed by atoms with E-state index in [1.54, 1.807) is 0 Å². The lowest BCUT2D eigenvalue weighted by molar-refractivity contribution is 0.0592. The van der Waals surface area contributed by atoms with Crippen molar-refractivity contribution < 1.29 is 18.3 Å². The highest BCUT2D eigenvalue weighted by Gasteiger charge is 2.22. The fourth-order valence-corrected chi connectivity index (χ4v) is 1.13. The van der Waals surface area contributed by atoms with Crippen LogP contribution in [0.4, 0.5) is 8.78 Å². The highest BCUT2D eigenvalue weighted by molar-refractivity contribution is 5.90. The zero-order valence-corrected chi connectivity index (χ0v) is 8.08. The highest BCUT2D eigenvalue weighted by Crippen LogP contribution is 2.22. The molecule has 0 atom stereocenters. The largest absolute Gasteiger partial charge is 0.464 e. The van der Waals surface area contributed by atoms with Crippen molar-refractivity contribution in [2.24, 2.45) is 0 Å². The number of rotatable bonds is 2. The van der Waals surface area contributed by atoms with Crippen molar-refractivity contribution in [2.75, 3.05) is 7.11 Å². The van der Waals surface area contributed by atoms with Crippen LogP contribution in [0.1, 0.15) is 28.0 Å². The van der Waals surface area contributed by atoms with E-state index in [0.29, 0.717) is 6.07 Å². The second-order valence-electron chi connectivity index (χ2n) is 2.74. The standard InChI is InChI=1S/C9H6F2N2O3/c1-16-9(15)7-5(3-12)4(8(10)11)2-6(14)13-7/h2,8H,1H3,(H,13,14). The van der Waals surface area contributed by atoms with Crippen LogP contribution in [0.15, 0.2) is 10.9 Å². The molecule has 5 nitrogen and oxygen atoms in total. The molecule has 0 aliphatic heterocycles. The van der Waals surface area contributed by atoms with Crippen molar-refractivity contribution in [1.29, 1.82) is 5.26 Å². The van der Waals surface area contributed by atoms with Gasteiger partial charge in [0, 0.05) is 11.6 Å². The molecule has 0 unspecified atom stereocenters. The normalized spacial score (nSPS) is 9.94. The van der Waals surface area contributed by atoms with Crippen LogP contribution in [0.25, 0.3) is 0 Å². The molecule has 84 valence electrons. The number of carbonyl (C=O) groups is 1. The number of esters is 1. The van der Waals surface area contributed by atoms with Gasteiger partial charge in [-0.1, -0.05) is 0 Å². The number of aromatic amines is 1. The van der Waals surface area contributed by atoms with Crippen LogP contribution in [0.5, 0.6) is 0 Å². The first-order chi connectivity index (χ1) is 7.51. The lowest BCUT2D eigenvalue weighted by Crippen LogP contribution is -2.18. The predicted octanol–water partition coefficient (Wildman–Crippen LogP) is 0.971. The Kier molecular flexibility index (Phi) is 3.35. The molecule has 0 aromatic carbocycles. The lowest BCUT2D eigenvalue weighted by atomic mass is 10.1. The Balaban J connectivity index is 3.56. The molecule has 16 heavy (non-hydrogen) atoms. The molecule has 1 aromatic heterocycles. The van der Waals surface area contributed by atoms with Crippen molar-refractivity contribution in [3.63, 3.8) is 0 Å². The number of alkyl halides is 2. The molecule has 0 saturated heterocycles. The first-order valence-corrected chi connectivity index (χ1v) is 4.05. The van der Waals surface area contributed by atoms with Crippen LogP contribution >= 0.6 is 0 Å². The van der Waals surface area contributed by atoms with E-state index >= 15 is 0 Å². The van der Waals surface area contributed by atoms with E-state index in [9.17, 15) is 18.4 Å². The number of hydrogen-bond donors (Lipinski definition) is 1. The van der Waals surface area contributed by atoms with Crippen LogP contribution in [-0.2, 0) is 4.74 Å². The monoisotopic (exact) mass is 228 g/mol. The first kappa shape index (κ1) is 11.8. The SMILES string of the molecule is COC(=O)c1[nH]c(=O)cc(C(F)F)c1C#N. The maximum atomic E-state index is 12.5. The number of nitrogens with zero attached hydrogens (tertiary/aromatic N) is 1. The van der Waals surface area contributed by atoms with Gasteiger partial charge in [0.1, 0.15) is 11.8 Å². The number of aromatic nitrogens is 1. The molecule has 7 heteroatoms. The van der Waals surface area contributed by atoms with Gasteiger partial charge in [0.15, 0.2) is 0 Å². The number of nitriles is 1. The van der Waals surface area contributed by atoms with Gasteiger partial charge in [-0.05, 0) is 0 Å². The Morgan fingerprint density at radius 3 is 2.69 bits per heavy atom. The molecule has 1 aromatic rings. The summed E-state index contributed by atoms with van der Waals surface area (Å²) >= 11 is 0. The quantitative estimate of drug-likeness (QED) is 0.764. The third-order valence-corrected chi connectivity index (χ3v) is 1.81. The van der Waals surface area contributed by atoms with Crippen LogP contribution in [-0.4, -0.2) is 18.1 Å².